The SMILES string of the molecule is CC(C)(N)C(=O)N1CCN(C(=O)Nc2ccn(C3CCC(CN4CCC5(N)CC5C4)CC3)c(=O)n2)CC1. The van der Waals surface area contributed by atoms with Crippen LogP contribution in [0.4, 0.5) is 10.6 Å². The highest BCUT2D eigenvalue weighted by Crippen LogP contribution is 2.47. The summed E-state index contributed by atoms with van der Waals surface area (Å²) in [4.78, 5) is 47.9. The first-order chi connectivity index (χ1) is 17.5. The Morgan fingerprint density at radius 2 is 1.78 bits per heavy atom. The number of hydrogen-bond acceptors (Lipinski definition) is 7. The van der Waals surface area contributed by atoms with Gasteiger partial charge in [0.15, 0.2) is 0 Å². The van der Waals surface area contributed by atoms with Gasteiger partial charge in [-0.2, -0.15) is 4.98 Å². The summed E-state index contributed by atoms with van der Waals surface area (Å²) in [7, 11) is 0. The van der Waals surface area contributed by atoms with Gasteiger partial charge < -0.3 is 26.2 Å². The number of anilines is 1. The zero-order valence-corrected chi connectivity index (χ0v) is 22.2. The third-order valence-electron chi connectivity index (χ3n) is 8.85. The van der Waals surface area contributed by atoms with Gasteiger partial charge in [0, 0.05) is 57.0 Å². The molecule has 37 heavy (non-hydrogen) atoms. The van der Waals surface area contributed by atoms with Crippen LogP contribution in [0.1, 0.15) is 58.4 Å². The molecule has 11 nitrogen and oxygen atoms in total. The molecule has 5 rings (SSSR count). The van der Waals surface area contributed by atoms with E-state index in [1.54, 1.807) is 40.5 Å². The number of carbonyl (C=O) groups is 2. The number of carbonyl (C=O) groups excluding carboxylic acids is 2. The van der Waals surface area contributed by atoms with E-state index in [2.05, 4.69) is 15.2 Å². The van der Waals surface area contributed by atoms with Gasteiger partial charge in [0.05, 0.1) is 5.54 Å². The minimum atomic E-state index is -0.931. The summed E-state index contributed by atoms with van der Waals surface area (Å²) in [6, 6.07) is 1.53. The molecule has 2 saturated heterocycles. The molecule has 2 aliphatic carbocycles. The van der Waals surface area contributed by atoms with E-state index < -0.39 is 5.54 Å². The Bertz CT molecular complexity index is 1070. The lowest BCUT2D eigenvalue weighted by Crippen LogP contribution is -2.58. The topological polar surface area (TPSA) is 143 Å². The molecule has 3 heterocycles. The summed E-state index contributed by atoms with van der Waals surface area (Å²) in [5.41, 5.74) is 11.1. The molecule has 1 aromatic rings. The fourth-order valence-corrected chi connectivity index (χ4v) is 6.33. The molecule has 204 valence electrons. The fourth-order valence-electron chi connectivity index (χ4n) is 6.33. The van der Waals surface area contributed by atoms with Gasteiger partial charge in [-0.15, -0.1) is 0 Å². The average Bonchev–Trinajstić information content (AvgIpc) is 3.54. The van der Waals surface area contributed by atoms with Crippen molar-refractivity contribution >= 4 is 17.8 Å². The van der Waals surface area contributed by atoms with Crippen LogP contribution in [0.5, 0.6) is 0 Å². The van der Waals surface area contributed by atoms with Crippen molar-refractivity contribution in [3.8, 4) is 0 Å². The van der Waals surface area contributed by atoms with Crippen LogP contribution in [0.3, 0.4) is 0 Å². The summed E-state index contributed by atoms with van der Waals surface area (Å²) >= 11 is 0. The van der Waals surface area contributed by atoms with E-state index in [-0.39, 0.29) is 35.0 Å². The van der Waals surface area contributed by atoms with Gasteiger partial charge in [-0.05, 0) is 76.8 Å². The van der Waals surface area contributed by atoms with Crippen molar-refractivity contribution in [1.29, 1.82) is 0 Å². The number of nitrogens with one attached hydrogen (secondary N) is 1. The van der Waals surface area contributed by atoms with Crippen molar-refractivity contribution < 1.29 is 9.59 Å². The Balaban J connectivity index is 1.08. The molecule has 1 aromatic heterocycles. The zero-order valence-electron chi connectivity index (χ0n) is 22.2. The largest absolute Gasteiger partial charge is 0.349 e. The minimum Gasteiger partial charge on any atom is -0.338 e. The number of fused-ring (bicyclic) bond motifs is 1. The predicted octanol–water partition coefficient (Wildman–Crippen LogP) is 0.811. The van der Waals surface area contributed by atoms with Crippen LogP contribution in [0.25, 0.3) is 0 Å². The second-order valence-corrected chi connectivity index (χ2v) is 12.3. The van der Waals surface area contributed by atoms with Crippen molar-refractivity contribution in [3.63, 3.8) is 0 Å². The highest BCUT2D eigenvalue weighted by Gasteiger charge is 2.53. The molecule has 2 aliphatic heterocycles. The van der Waals surface area contributed by atoms with Crippen LogP contribution in [-0.4, -0.2) is 93.1 Å². The third kappa shape index (κ3) is 5.83. The summed E-state index contributed by atoms with van der Waals surface area (Å²) < 4.78 is 1.72. The van der Waals surface area contributed by atoms with Gasteiger partial charge in [0.25, 0.3) is 0 Å². The number of nitrogens with zero attached hydrogens (tertiary/aromatic N) is 5. The molecule has 0 bridgehead atoms. The van der Waals surface area contributed by atoms with Crippen molar-refractivity contribution in [3.05, 3.63) is 22.7 Å². The smallest absolute Gasteiger partial charge is 0.338 e. The van der Waals surface area contributed by atoms with Crippen LogP contribution < -0.4 is 22.5 Å². The maximum atomic E-state index is 12.8. The molecule has 2 saturated carbocycles. The van der Waals surface area contributed by atoms with Gasteiger partial charge in [-0.3, -0.25) is 14.7 Å². The number of likely N-dealkylation sites (tertiary alicyclic amines) is 1. The second-order valence-electron chi connectivity index (χ2n) is 12.3. The number of hydrogen-bond donors (Lipinski definition) is 3. The minimum absolute atomic E-state index is 0.126. The summed E-state index contributed by atoms with van der Waals surface area (Å²) in [6.45, 7) is 8.43. The Hall–Kier alpha value is -2.50. The first-order valence-electron chi connectivity index (χ1n) is 13.8. The van der Waals surface area contributed by atoms with E-state index in [9.17, 15) is 14.4 Å². The average molecular weight is 515 g/mol. The van der Waals surface area contributed by atoms with Crippen LogP contribution in [0, 0.1) is 11.8 Å². The van der Waals surface area contributed by atoms with E-state index in [0.717, 1.165) is 51.7 Å². The van der Waals surface area contributed by atoms with Gasteiger partial charge in [0.1, 0.15) is 5.82 Å². The highest BCUT2D eigenvalue weighted by atomic mass is 16.2. The normalized spacial score (nSPS) is 30.5. The molecule has 2 unspecified atom stereocenters. The molecule has 5 N–H and O–H groups in total. The summed E-state index contributed by atoms with van der Waals surface area (Å²) in [5.74, 6) is 1.50. The number of urea groups is 1. The predicted molar refractivity (Wildman–Crippen MR) is 141 cm³/mol. The third-order valence-corrected chi connectivity index (χ3v) is 8.85. The number of amides is 3. The maximum Gasteiger partial charge on any atom is 0.349 e. The molecular formula is C26H42N8O3. The Morgan fingerprint density at radius 1 is 1.11 bits per heavy atom. The van der Waals surface area contributed by atoms with E-state index in [1.807, 2.05) is 0 Å². The Labute approximate surface area is 218 Å². The van der Waals surface area contributed by atoms with Gasteiger partial charge in [-0.1, -0.05) is 0 Å². The Kier molecular flexibility index (Phi) is 7.06. The van der Waals surface area contributed by atoms with Crippen molar-refractivity contribution in [2.45, 2.75) is 69.5 Å². The second kappa shape index (κ2) is 9.99. The number of aromatic nitrogens is 2. The van der Waals surface area contributed by atoms with Crippen molar-refractivity contribution in [2.24, 2.45) is 23.3 Å². The quantitative estimate of drug-likeness (QED) is 0.528. The van der Waals surface area contributed by atoms with Gasteiger partial charge >= 0.3 is 11.7 Å². The monoisotopic (exact) mass is 514 g/mol. The lowest BCUT2D eigenvalue weighted by molar-refractivity contribution is -0.137. The van der Waals surface area contributed by atoms with E-state index in [1.165, 1.54) is 6.42 Å². The lowest BCUT2D eigenvalue weighted by Gasteiger charge is -2.37. The molecule has 4 fully saturated rings. The molecule has 11 heteroatoms. The van der Waals surface area contributed by atoms with E-state index >= 15 is 0 Å². The molecule has 3 amide bonds. The number of piperidine rings is 1. The van der Waals surface area contributed by atoms with Crippen LogP contribution in [0.2, 0.25) is 0 Å². The van der Waals surface area contributed by atoms with Crippen LogP contribution in [-0.2, 0) is 4.79 Å². The molecule has 0 spiro atoms. The van der Waals surface area contributed by atoms with Crippen molar-refractivity contribution in [1.82, 2.24) is 24.3 Å². The number of nitrogens with two attached hydrogens (primary N) is 2. The maximum absolute atomic E-state index is 12.8. The fraction of sp³-hybridized carbons (Fsp3) is 0.769. The molecule has 0 radical (unpaired) electrons. The van der Waals surface area contributed by atoms with E-state index in [0.29, 0.717) is 38.0 Å². The number of piperazine rings is 1. The van der Waals surface area contributed by atoms with E-state index in [4.69, 9.17) is 11.5 Å². The number of rotatable bonds is 5. The lowest BCUT2D eigenvalue weighted by atomic mass is 9.85. The van der Waals surface area contributed by atoms with Crippen LogP contribution >= 0.6 is 0 Å². The first kappa shape index (κ1) is 26.1. The standard InChI is InChI=1S/C26H42N8O3/c1-25(2,27)22(35)32-11-13-33(14-12-32)23(36)29-21-7-9-34(24(37)30-21)20-5-3-18(4-6-20)16-31-10-8-26(28)15-19(26)17-31/h7,9,18-20H,3-6,8,10-17,27-28H2,1-2H3,(H,29,30,36,37). The van der Waals surface area contributed by atoms with Crippen molar-refractivity contribution in [2.75, 3.05) is 51.1 Å². The Morgan fingerprint density at radius 3 is 2.41 bits per heavy atom. The van der Waals surface area contributed by atoms with Gasteiger partial charge in [0.2, 0.25) is 5.91 Å². The zero-order chi connectivity index (χ0) is 26.4. The highest BCUT2D eigenvalue weighted by molar-refractivity contribution is 5.89. The molecule has 2 atom stereocenters. The van der Waals surface area contributed by atoms with Crippen LogP contribution in [0.15, 0.2) is 17.1 Å². The molecule has 0 aromatic carbocycles. The molecule has 4 aliphatic rings. The first-order valence-corrected chi connectivity index (χ1v) is 13.8. The molecular weight excluding hydrogens is 472 g/mol. The summed E-state index contributed by atoms with van der Waals surface area (Å²) in [6.07, 6.45) is 8.24. The van der Waals surface area contributed by atoms with Gasteiger partial charge in [-0.25, -0.2) is 9.59 Å². The summed E-state index contributed by atoms with van der Waals surface area (Å²) in [5, 5.41) is 2.74.